The Labute approximate surface area is 227 Å². The van der Waals surface area contributed by atoms with E-state index in [0.29, 0.717) is 28.5 Å². The molecule has 3 aliphatic rings. The monoisotopic (exact) mass is 582 g/mol. The number of rotatable bonds is 7. The van der Waals surface area contributed by atoms with Gasteiger partial charge in [0.25, 0.3) is 0 Å². The summed E-state index contributed by atoms with van der Waals surface area (Å²) in [5, 5.41) is 14.0. The van der Waals surface area contributed by atoms with E-state index in [4.69, 9.17) is 26.4 Å². The molecule has 202 valence electrons. The Balaban J connectivity index is 1.52. The van der Waals surface area contributed by atoms with Crippen molar-refractivity contribution in [3.63, 3.8) is 0 Å². The number of sulfonamides is 1. The highest BCUT2D eigenvalue weighted by Crippen LogP contribution is 2.41. The van der Waals surface area contributed by atoms with Crippen molar-refractivity contribution in [3.05, 3.63) is 62.5 Å². The molecule has 38 heavy (non-hydrogen) atoms. The first kappa shape index (κ1) is 26.7. The number of amidine groups is 1. The molecule has 0 amide bonds. The zero-order valence-electron chi connectivity index (χ0n) is 20.1. The van der Waals surface area contributed by atoms with E-state index < -0.39 is 50.9 Å². The zero-order chi connectivity index (χ0) is 27.2. The second-order valence-electron chi connectivity index (χ2n) is 9.34. The first-order valence-corrected chi connectivity index (χ1v) is 14.6. The average Bonchev–Trinajstić information content (AvgIpc) is 3.54. The fourth-order valence-electron chi connectivity index (χ4n) is 5.04. The molecule has 14 heteroatoms. The Kier molecular flexibility index (Phi) is 7.29. The van der Waals surface area contributed by atoms with Crippen molar-refractivity contribution in [1.29, 1.82) is 0 Å². The van der Waals surface area contributed by atoms with Crippen LogP contribution in [-0.4, -0.2) is 66.0 Å². The number of benzene rings is 1. The van der Waals surface area contributed by atoms with E-state index in [-0.39, 0.29) is 36.5 Å². The van der Waals surface area contributed by atoms with Crippen LogP contribution in [0, 0.1) is 17.7 Å². The van der Waals surface area contributed by atoms with Gasteiger partial charge in [0, 0.05) is 46.9 Å². The van der Waals surface area contributed by atoms with E-state index in [1.807, 2.05) is 0 Å². The molecule has 2 atom stereocenters. The van der Waals surface area contributed by atoms with Crippen LogP contribution in [0.15, 0.2) is 46.0 Å². The quantitative estimate of drug-likeness (QED) is 0.475. The van der Waals surface area contributed by atoms with E-state index in [1.54, 1.807) is 11.6 Å². The number of ether oxygens (including phenoxy) is 1. The van der Waals surface area contributed by atoms with Crippen molar-refractivity contribution in [3.8, 4) is 0 Å². The van der Waals surface area contributed by atoms with Crippen LogP contribution in [-0.2, 0) is 24.3 Å². The Morgan fingerprint density at radius 2 is 2.08 bits per heavy atom. The number of thiazole rings is 1. The molecule has 1 aliphatic carbocycles. The van der Waals surface area contributed by atoms with Gasteiger partial charge < -0.3 is 15.2 Å². The number of carboxylic acids is 1. The minimum atomic E-state index is -3.72. The van der Waals surface area contributed by atoms with Crippen molar-refractivity contribution in [2.24, 2.45) is 16.8 Å². The van der Waals surface area contributed by atoms with Gasteiger partial charge in [-0.1, -0.05) is 17.7 Å². The van der Waals surface area contributed by atoms with Gasteiger partial charge in [-0.3, -0.25) is 9.79 Å². The summed E-state index contributed by atoms with van der Waals surface area (Å²) >= 11 is 7.71. The topological polar surface area (TPSA) is 138 Å². The van der Waals surface area contributed by atoms with E-state index >= 15 is 0 Å². The average molecular weight is 583 g/mol. The maximum atomic E-state index is 13.8. The molecule has 2 fully saturated rings. The maximum absolute atomic E-state index is 13.8. The molecule has 2 aliphatic heterocycles. The lowest BCUT2D eigenvalue weighted by molar-refractivity contribution is -0.144. The number of hydrogen-bond donors (Lipinski definition) is 2. The normalized spacial score (nSPS) is 25.9. The number of methoxy groups -OCH3 is 1. The molecule has 1 saturated heterocycles. The van der Waals surface area contributed by atoms with Gasteiger partial charge >= 0.3 is 11.9 Å². The second kappa shape index (κ2) is 10.4. The van der Waals surface area contributed by atoms with Gasteiger partial charge in [0.1, 0.15) is 11.9 Å². The van der Waals surface area contributed by atoms with Crippen LogP contribution in [0.25, 0.3) is 0 Å². The standard InChI is InChI=1S/C24H24ClFN4O6S2/c1-36-24(33)18-19(12-4-6-30(11-12)38(34,35)15-8-13(9-15)23(31)32)28-21(22-27-5-7-37-22)29-20(18)16-3-2-14(26)10-17(16)25/h2-3,5,7,10,12-13,15,20H,4,6,8-9,11H2,1H3,(H,28,29)(H,31,32)/t12?,13-,15-,20?. The molecule has 10 nitrogen and oxygen atoms in total. The third-order valence-electron chi connectivity index (χ3n) is 7.16. The molecule has 1 saturated carbocycles. The molecule has 1 aromatic carbocycles. The predicted molar refractivity (Wildman–Crippen MR) is 138 cm³/mol. The highest BCUT2D eigenvalue weighted by Gasteiger charge is 2.47. The highest BCUT2D eigenvalue weighted by molar-refractivity contribution is 7.89. The maximum Gasteiger partial charge on any atom is 0.338 e. The number of hydrogen-bond acceptors (Lipinski definition) is 9. The molecule has 2 aromatic rings. The Hall–Kier alpha value is -2.87. The molecule has 2 unspecified atom stereocenters. The van der Waals surface area contributed by atoms with Crippen LogP contribution in [0.2, 0.25) is 5.02 Å². The van der Waals surface area contributed by atoms with Crippen molar-refractivity contribution in [2.75, 3.05) is 20.2 Å². The van der Waals surface area contributed by atoms with Crippen LogP contribution in [0.4, 0.5) is 4.39 Å². The summed E-state index contributed by atoms with van der Waals surface area (Å²) < 4.78 is 46.7. The van der Waals surface area contributed by atoms with E-state index in [1.165, 1.54) is 34.9 Å². The van der Waals surface area contributed by atoms with Crippen LogP contribution in [0.3, 0.4) is 0 Å². The molecule has 1 aromatic heterocycles. The smallest absolute Gasteiger partial charge is 0.338 e. The lowest BCUT2D eigenvalue weighted by atomic mass is 9.85. The van der Waals surface area contributed by atoms with Crippen LogP contribution in [0.1, 0.15) is 35.9 Å². The van der Waals surface area contributed by atoms with Gasteiger partial charge in [0.2, 0.25) is 10.0 Å². The number of carbonyl (C=O) groups excluding carboxylic acids is 1. The molecule has 2 N–H and O–H groups in total. The van der Waals surface area contributed by atoms with E-state index in [2.05, 4.69) is 10.3 Å². The number of halogens is 2. The van der Waals surface area contributed by atoms with Gasteiger partial charge in [-0.15, -0.1) is 11.3 Å². The Morgan fingerprint density at radius 1 is 1.32 bits per heavy atom. The van der Waals surface area contributed by atoms with Crippen molar-refractivity contribution < 1.29 is 32.2 Å². The SMILES string of the molecule is COC(=O)C1=C(C2CCN(S(=O)(=O)[C@H]3C[C@H](C(=O)O)C3)C2)NC(c2nccs2)=NC1c1ccc(F)cc1Cl. The van der Waals surface area contributed by atoms with Gasteiger partial charge in [-0.05, 0) is 31.4 Å². The number of aromatic nitrogens is 1. The number of carboxylic acid groups (broad SMARTS) is 1. The lowest BCUT2D eigenvalue weighted by Crippen LogP contribution is -2.46. The summed E-state index contributed by atoms with van der Waals surface area (Å²) in [6.45, 7) is 0.307. The van der Waals surface area contributed by atoms with Crippen LogP contribution < -0.4 is 5.32 Å². The number of nitrogens with zero attached hydrogens (tertiary/aromatic N) is 3. The third kappa shape index (κ3) is 4.83. The highest BCUT2D eigenvalue weighted by atomic mass is 35.5. The first-order chi connectivity index (χ1) is 18.1. The van der Waals surface area contributed by atoms with Crippen LogP contribution >= 0.6 is 22.9 Å². The van der Waals surface area contributed by atoms with Gasteiger partial charge in [0.05, 0.1) is 23.9 Å². The summed E-state index contributed by atoms with van der Waals surface area (Å²) in [6.07, 6.45) is 2.18. The van der Waals surface area contributed by atoms with Gasteiger partial charge in [-0.2, -0.15) is 0 Å². The largest absolute Gasteiger partial charge is 0.481 e. The first-order valence-electron chi connectivity index (χ1n) is 11.8. The predicted octanol–water partition coefficient (Wildman–Crippen LogP) is 2.97. The molecule has 0 radical (unpaired) electrons. The molecular weight excluding hydrogens is 559 g/mol. The number of aliphatic imine (C=N–C) groups is 1. The fourth-order valence-corrected chi connectivity index (χ4v) is 8.01. The number of nitrogens with one attached hydrogen (secondary N) is 1. The van der Waals surface area contributed by atoms with Gasteiger partial charge in [-0.25, -0.2) is 26.9 Å². The van der Waals surface area contributed by atoms with Crippen LogP contribution in [0.5, 0.6) is 0 Å². The minimum Gasteiger partial charge on any atom is -0.481 e. The van der Waals surface area contributed by atoms with Gasteiger partial charge in [0.15, 0.2) is 10.8 Å². The van der Waals surface area contributed by atoms with Crippen molar-refractivity contribution in [1.82, 2.24) is 14.6 Å². The molecular formula is C24H24ClFN4O6S2. The second-order valence-corrected chi connectivity index (χ2v) is 12.9. The Morgan fingerprint density at radius 3 is 2.71 bits per heavy atom. The summed E-state index contributed by atoms with van der Waals surface area (Å²) in [6, 6.07) is 2.87. The lowest BCUT2D eigenvalue weighted by Gasteiger charge is -2.35. The fraction of sp³-hybridized carbons (Fsp3) is 0.417. The number of carbonyl (C=O) groups is 2. The Bertz CT molecular complexity index is 1440. The van der Waals surface area contributed by atoms with Crippen molar-refractivity contribution >= 4 is 50.7 Å². The summed E-state index contributed by atoms with van der Waals surface area (Å²) in [7, 11) is -2.48. The molecule has 3 heterocycles. The zero-order valence-corrected chi connectivity index (χ0v) is 22.5. The molecule has 0 spiro atoms. The van der Waals surface area contributed by atoms with E-state index in [0.717, 1.165) is 6.07 Å². The molecule has 5 rings (SSSR count). The summed E-state index contributed by atoms with van der Waals surface area (Å²) in [5.41, 5.74) is 0.982. The van der Waals surface area contributed by atoms with Crippen molar-refractivity contribution in [2.45, 2.75) is 30.6 Å². The number of aliphatic carboxylic acids is 1. The molecule has 0 bridgehead atoms. The number of esters is 1. The summed E-state index contributed by atoms with van der Waals surface area (Å²) in [4.78, 5) is 33.3. The summed E-state index contributed by atoms with van der Waals surface area (Å²) in [5.74, 6) is -2.91. The third-order valence-corrected chi connectivity index (χ3v) is 10.5. The van der Waals surface area contributed by atoms with E-state index in [9.17, 15) is 22.4 Å². The minimum absolute atomic E-state index is 0.0773.